The van der Waals surface area contributed by atoms with E-state index in [4.69, 9.17) is 5.73 Å². The molecule has 1 atom stereocenters. The van der Waals surface area contributed by atoms with E-state index in [2.05, 4.69) is 11.9 Å². The van der Waals surface area contributed by atoms with E-state index in [0.717, 1.165) is 32.4 Å². The van der Waals surface area contributed by atoms with Gasteiger partial charge >= 0.3 is 0 Å². The smallest absolute Gasteiger partial charge is 0.0853 e. The van der Waals surface area contributed by atoms with Gasteiger partial charge in [-0.3, -0.25) is 0 Å². The Morgan fingerprint density at radius 3 is 2.36 bits per heavy atom. The molecule has 1 saturated carbocycles. The lowest BCUT2D eigenvalue weighted by Crippen LogP contribution is -2.52. The third-order valence-electron chi connectivity index (χ3n) is 4.38. The first-order valence-corrected chi connectivity index (χ1v) is 5.73. The lowest BCUT2D eigenvalue weighted by Gasteiger charge is -2.42. The van der Waals surface area contributed by atoms with Gasteiger partial charge in [0.15, 0.2) is 0 Å². The number of likely N-dealkylation sites (N-methyl/N-ethyl adjacent to an activating group) is 1. The lowest BCUT2D eigenvalue weighted by atomic mass is 9.70. The van der Waals surface area contributed by atoms with Crippen molar-refractivity contribution in [1.29, 1.82) is 0 Å². The summed E-state index contributed by atoms with van der Waals surface area (Å²) in [7, 11) is 2.08. The lowest BCUT2D eigenvalue weighted by molar-refractivity contribution is -0.0674. The molecule has 1 saturated heterocycles. The second-order valence-electron chi connectivity index (χ2n) is 5.21. The molecular weight excluding hydrogens is 176 g/mol. The number of hydrogen-bond acceptors (Lipinski definition) is 3. The summed E-state index contributed by atoms with van der Waals surface area (Å²) in [5.74, 6) is 0. The summed E-state index contributed by atoms with van der Waals surface area (Å²) in [6.45, 7) is 2.47. The fraction of sp³-hybridized carbons (Fsp3) is 1.00. The maximum atomic E-state index is 10.7. The Morgan fingerprint density at radius 1 is 1.29 bits per heavy atom. The summed E-state index contributed by atoms with van der Waals surface area (Å²) < 4.78 is 0. The molecule has 0 aromatic rings. The van der Waals surface area contributed by atoms with E-state index < -0.39 is 5.60 Å². The molecule has 3 nitrogen and oxygen atoms in total. The fourth-order valence-electron chi connectivity index (χ4n) is 3.32. The maximum Gasteiger partial charge on any atom is 0.0853 e. The zero-order valence-electron chi connectivity index (χ0n) is 9.13. The molecule has 1 aliphatic carbocycles. The molecule has 2 fully saturated rings. The number of β-amino-alcohol motifs (C(OH)–C–C–N with tert-alkyl or cyclic N) is 1. The third-order valence-corrected chi connectivity index (χ3v) is 4.38. The van der Waals surface area contributed by atoms with Crippen LogP contribution < -0.4 is 5.73 Å². The molecular formula is C11H22N2O. The highest BCUT2D eigenvalue weighted by molar-refractivity contribution is 5.06. The van der Waals surface area contributed by atoms with Crippen molar-refractivity contribution in [3.05, 3.63) is 0 Å². The normalized spacial score (nSPS) is 37.9. The fourth-order valence-corrected chi connectivity index (χ4v) is 3.32. The quantitative estimate of drug-likeness (QED) is 0.682. The van der Waals surface area contributed by atoms with Crippen LogP contribution in [-0.2, 0) is 0 Å². The van der Waals surface area contributed by atoms with Crippen LogP contribution in [0.1, 0.15) is 32.1 Å². The van der Waals surface area contributed by atoms with E-state index in [1.165, 1.54) is 12.8 Å². The number of aliphatic hydroxyl groups is 1. The van der Waals surface area contributed by atoms with Crippen LogP contribution in [0.15, 0.2) is 0 Å². The van der Waals surface area contributed by atoms with Gasteiger partial charge in [-0.1, -0.05) is 12.8 Å². The highest BCUT2D eigenvalue weighted by Gasteiger charge is 2.53. The van der Waals surface area contributed by atoms with Gasteiger partial charge < -0.3 is 15.7 Å². The molecule has 2 aliphatic rings. The topological polar surface area (TPSA) is 49.5 Å². The van der Waals surface area contributed by atoms with Crippen molar-refractivity contribution in [2.24, 2.45) is 11.1 Å². The highest BCUT2D eigenvalue weighted by Crippen LogP contribution is 2.49. The number of nitrogens with zero attached hydrogens (tertiary/aromatic N) is 1. The standard InChI is InChI=1S/C11H22N2O/c1-13-7-6-11(14,9-13)10(8-12)4-2-3-5-10/h14H,2-9,12H2,1H3. The van der Waals surface area contributed by atoms with E-state index in [-0.39, 0.29) is 5.41 Å². The molecule has 0 aromatic heterocycles. The van der Waals surface area contributed by atoms with Crippen LogP contribution in [0.3, 0.4) is 0 Å². The molecule has 14 heavy (non-hydrogen) atoms. The second kappa shape index (κ2) is 3.47. The van der Waals surface area contributed by atoms with Crippen molar-refractivity contribution >= 4 is 0 Å². The Hall–Kier alpha value is -0.120. The zero-order valence-corrected chi connectivity index (χ0v) is 9.13. The molecule has 1 heterocycles. The van der Waals surface area contributed by atoms with Crippen LogP contribution >= 0.6 is 0 Å². The molecule has 0 radical (unpaired) electrons. The van der Waals surface area contributed by atoms with Gasteiger partial charge in [-0.2, -0.15) is 0 Å². The van der Waals surface area contributed by atoms with Crippen molar-refractivity contribution < 1.29 is 5.11 Å². The van der Waals surface area contributed by atoms with E-state index in [1.807, 2.05) is 0 Å². The van der Waals surface area contributed by atoms with Crippen molar-refractivity contribution in [3.63, 3.8) is 0 Å². The van der Waals surface area contributed by atoms with Crippen molar-refractivity contribution in [1.82, 2.24) is 4.90 Å². The third kappa shape index (κ3) is 1.38. The van der Waals surface area contributed by atoms with Gasteiger partial charge in [0.2, 0.25) is 0 Å². The summed E-state index contributed by atoms with van der Waals surface area (Å²) in [6.07, 6.45) is 5.62. The second-order valence-corrected chi connectivity index (χ2v) is 5.21. The minimum absolute atomic E-state index is 0.0256. The number of likely N-dealkylation sites (tertiary alicyclic amines) is 1. The van der Waals surface area contributed by atoms with E-state index >= 15 is 0 Å². The average molecular weight is 198 g/mol. The van der Waals surface area contributed by atoms with Gasteiger partial charge in [0.25, 0.3) is 0 Å². The molecule has 3 N–H and O–H groups in total. The first kappa shape index (κ1) is 10.4. The van der Waals surface area contributed by atoms with E-state index in [1.54, 1.807) is 0 Å². The van der Waals surface area contributed by atoms with Crippen LogP contribution in [0.25, 0.3) is 0 Å². The molecule has 1 aliphatic heterocycles. The Kier molecular flexibility index (Phi) is 2.58. The van der Waals surface area contributed by atoms with Crippen molar-refractivity contribution in [2.75, 3.05) is 26.7 Å². The molecule has 1 unspecified atom stereocenters. The predicted molar refractivity (Wildman–Crippen MR) is 57.0 cm³/mol. The van der Waals surface area contributed by atoms with Crippen LogP contribution in [0, 0.1) is 5.41 Å². The summed E-state index contributed by atoms with van der Waals surface area (Å²) in [5, 5.41) is 10.7. The van der Waals surface area contributed by atoms with Gasteiger partial charge in [-0.15, -0.1) is 0 Å². The van der Waals surface area contributed by atoms with Crippen LogP contribution in [0.2, 0.25) is 0 Å². The van der Waals surface area contributed by atoms with Crippen molar-refractivity contribution in [2.45, 2.75) is 37.7 Å². The Balaban J connectivity index is 2.18. The summed E-state index contributed by atoms with van der Waals surface area (Å²) in [6, 6.07) is 0. The molecule has 82 valence electrons. The monoisotopic (exact) mass is 198 g/mol. The van der Waals surface area contributed by atoms with E-state index in [9.17, 15) is 5.11 Å². The Bertz CT molecular complexity index is 213. The first-order valence-electron chi connectivity index (χ1n) is 5.73. The number of nitrogens with two attached hydrogens (primary N) is 1. The maximum absolute atomic E-state index is 10.7. The molecule has 0 spiro atoms. The van der Waals surface area contributed by atoms with Crippen LogP contribution in [-0.4, -0.2) is 42.3 Å². The zero-order chi connectivity index (χ0) is 10.2. The molecule has 0 amide bonds. The van der Waals surface area contributed by atoms with Gasteiger partial charge in [-0.05, 0) is 26.3 Å². The van der Waals surface area contributed by atoms with Gasteiger partial charge in [-0.25, -0.2) is 0 Å². The van der Waals surface area contributed by atoms with E-state index in [0.29, 0.717) is 6.54 Å². The van der Waals surface area contributed by atoms with Crippen LogP contribution in [0.4, 0.5) is 0 Å². The molecule has 3 heteroatoms. The summed E-state index contributed by atoms with van der Waals surface area (Å²) in [4.78, 5) is 2.22. The minimum atomic E-state index is -0.507. The summed E-state index contributed by atoms with van der Waals surface area (Å²) in [5.41, 5.74) is 5.42. The highest BCUT2D eigenvalue weighted by atomic mass is 16.3. The number of hydrogen-bond donors (Lipinski definition) is 2. The van der Waals surface area contributed by atoms with Crippen molar-refractivity contribution in [3.8, 4) is 0 Å². The largest absolute Gasteiger partial charge is 0.388 e. The minimum Gasteiger partial charge on any atom is -0.388 e. The van der Waals surface area contributed by atoms with Gasteiger partial charge in [0.1, 0.15) is 0 Å². The SMILES string of the molecule is CN1CCC(O)(C2(CN)CCCC2)C1. The van der Waals surface area contributed by atoms with Gasteiger partial charge in [0.05, 0.1) is 5.60 Å². The predicted octanol–water partition coefficient (Wildman–Crippen LogP) is 0.572. The summed E-state index contributed by atoms with van der Waals surface area (Å²) >= 11 is 0. The first-order chi connectivity index (χ1) is 6.62. The molecule has 2 rings (SSSR count). The Labute approximate surface area is 86.3 Å². The number of rotatable bonds is 2. The average Bonchev–Trinajstić information content (AvgIpc) is 2.74. The van der Waals surface area contributed by atoms with Gasteiger partial charge in [0, 0.05) is 25.0 Å². The Morgan fingerprint density at radius 2 is 1.93 bits per heavy atom. The van der Waals surface area contributed by atoms with Crippen LogP contribution in [0.5, 0.6) is 0 Å². The molecule has 0 aromatic carbocycles. The molecule has 0 bridgehead atoms.